The molecule has 0 amide bonds. The molecule has 0 saturated carbocycles. The molecule has 0 aliphatic carbocycles. The SMILES string of the molecule is C[C@@H]1CN(CCN(C)c2ncccc2C#N)C[C@H](C)O1. The third-order valence-corrected chi connectivity index (χ3v) is 3.52. The van der Waals surface area contributed by atoms with Crippen LogP contribution in [0.4, 0.5) is 5.82 Å². The van der Waals surface area contributed by atoms with Gasteiger partial charge in [-0.25, -0.2) is 4.98 Å². The minimum absolute atomic E-state index is 0.286. The molecule has 0 unspecified atom stereocenters. The molecule has 1 aromatic heterocycles. The highest BCUT2D eigenvalue weighted by molar-refractivity contribution is 5.52. The van der Waals surface area contributed by atoms with Crippen molar-refractivity contribution in [1.29, 1.82) is 5.26 Å². The first-order valence-corrected chi connectivity index (χ1v) is 7.04. The first-order chi connectivity index (χ1) is 9.60. The maximum atomic E-state index is 9.11. The molecule has 1 aliphatic rings. The Morgan fingerprint density at radius 2 is 2.15 bits per heavy atom. The van der Waals surface area contributed by atoms with Gasteiger partial charge in [-0.1, -0.05) is 0 Å². The van der Waals surface area contributed by atoms with Crippen LogP contribution in [-0.2, 0) is 4.74 Å². The lowest BCUT2D eigenvalue weighted by Crippen LogP contribution is -2.47. The van der Waals surface area contributed by atoms with Crippen LogP contribution < -0.4 is 4.90 Å². The molecule has 1 saturated heterocycles. The zero-order valence-corrected chi connectivity index (χ0v) is 12.4. The second kappa shape index (κ2) is 6.69. The van der Waals surface area contributed by atoms with Crippen LogP contribution >= 0.6 is 0 Å². The molecule has 0 bridgehead atoms. The second-order valence-electron chi connectivity index (χ2n) is 5.42. The average molecular weight is 274 g/mol. The van der Waals surface area contributed by atoms with Crippen LogP contribution in [0.3, 0.4) is 0 Å². The third kappa shape index (κ3) is 3.69. The van der Waals surface area contributed by atoms with Gasteiger partial charge in [0.15, 0.2) is 0 Å². The van der Waals surface area contributed by atoms with Crippen molar-refractivity contribution in [3.05, 3.63) is 23.9 Å². The molecule has 0 aromatic carbocycles. The molecule has 20 heavy (non-hydrogen) atoms. The van der Waals surface area contributed by atoms with E-state index in [1.54, 1.807) is 18.3 Å². The highest BCUT2D eigenvalue weighted by atomic mass is 16.5. The topological polar surface area (TPSA) is 52.4 Å². The van der Waals surface area contributed by atoms with E-state index in [-0.39, 0.29) is 12.2 Å². The molecule has 108 valence electrons. The fourth-order valence-electron chi connectivity index (χ4n) is 2.65. The molecule has 1 fully saturated rings. The normalized spacial score (nSPS) is 23.3. The van der Waals surface area contributed by atoms with E-state index in [1.165, 1.54) is 0 Å². The van der Waals surface area contributed by atoms with E-state index in [0.717, 1.165) is 32.0 Å². The predicted octanol–water partition coefficient (Wildman–Crippen LogP) is 1.50. The van der Waals surface area contributed by atoms with Crippen LogP contribution in [0.5, 0.6) is 0 Å². The number of hydrogen-bond acceptors (Lipinski definition) is 5. The predicted molar refractivity (Wildman–Crippen MR) is 78.7 cm³/mol. The van der Waals surface area contributed by atoms with E-state index < -0.39 is 0 Å². The highest BCUT2D eigenvalue weighted by Gasteiger charge is 2.22. The summed E-state index contributed by atoms with van der Waals surface area (Å²) in [6.07, 6.45) is 2.30. The molecular weight excluding hydrogens is 252 g/mol. The summed E-state index contributed by atoms with van der Waals surface area (Å²) in [6.45, 7) is 7.95. The molecular formula is C15H22N4O. The van der Waals surface area contributed by atoms with Gasteiger partial charge in [-0.15, -0.1) is 0 Å². The summed E-state index contributed by atoms with van der Waals surface area (Å²) >= 11 is 0. The number of ether oxygens (including phenoxy) is 1. The molecule has 2 rings (SSSR count). The monoisotopic (exact) mass is 274 g/mol. The molecule has 2 heterocycles. The minimum Gasteiger partial charge on any atom is -0.373 e. The number of anilines is 1. The summed E-state index contributed by atoms with van der Waals surface area (Å²) < 4.78 is 5.73. The molecule has 5 nitrogen and oxygen atoms in total. The van der Waals surface area contributed by atoms with Crippen molar-refractivity contribution >= 4 is 5.82 Å². The van der Waals surface area contributed by atoms with E-state index in [1.807, 2.05) is 11.9 Å². The molecule has 0 N–H and O–H groups in total. The summed E-state index contributed by atoms with van der Waals surface area (Å²) in [6, 6.07) is 5.79. The Kier molecular flexibility index (Phi) is 4.94. The maximum absolute atomic E-state index is 9.11. The third-order valence-electron chi connectivity index (χ3n) is 3.52. The largest absolute Gasteiger partial charge is 0.373 e. The fourth-order valence-corrected chi connectivity index (χ4v) is 2.65. The zero-order chi connectivity index (χ0) is 14.5. The Balaban J connectivity index is 1.92. The van der Waals surface area contributed by atoms with Gasteiger partial charge in [-0.05, 0) is 26.0 Å². The van der Waals surface area contributed by atoms with Crippen LogP contribution in [0.15, 0.2) is 18.3 Å². The number of hydrogen-bond donors (Lipinski definition) is 0. The average Bonchev–Trinajstić information content (AvgIpc) is 2.43. The van der Waals surface area contributed by atoms with Gasteiger partial charge < -0.3 is 9.64 Å². The number of morpholine rings is 1. The summed E-state index contributed by atoms with van der Waals surface area (Å²) in [7, 11) is 1.98. The lowest BCUT2D eigenvalue weighted by Gasteiger charge is -2.36. The van der Waals surface area contributed by atoms with E-state index in [2.05, 4.69) is 29.8 Å². The van der Waals surface area contributed by atoms with Crippen molar-refractivity contribution in [2.24, 2.45) is 0 Å². The molecule has 2 atom stereocenters. The zero-order valence-electron chi connectivity index (χ0n) is 12.4. The Labute approximate surface area is 120 Å². The molecule has 0 spiro atoms. The van der Waals surface area contributed by atoms with Crippen LogP contribution in [0, 0.1) is 11.3 Å². The van der Waals surface area contributed by atoms with Crippen LogP contribution in [0.25, 0.3) is 0 Å². The van der Waals surface area contributed by atoms with Gasteiger partial charge in [0.2, 0.25) is 0 Å². The number of aromatic nitrogens is 1. The van der Waals surface area contributed by atoms with Crippen LogP contribution in [-0.4, -0.2) is 55.3 Å². The van der Waals surface area contributed by atoms with Crippen molar-refractivity contribution in [1.82, 2.24) is 9.88 Å². The van der Waals surface area contributed by atoms with Crippen molar-refractivity contribution in [3.63, 3.8) is 0 Å². The molecule has 1 aliphatic heterocycles. The van der Waals surface area contributed by atoms with Crippen LogP contribution in [0.2, 0.25) is 0 Å². The van der Waals surface area contributed by atoms with E-state index in [9.17, 15) is 0 Å². The van der Waals surface area contributed by atoms with Crippen molar-refractivity contribution in [3.8, 4) is 6.07 Å². The molecule has 5 heteroatoms. The first kappa shape index (κ1) is 14.8. The van der Waals surface area contributed by atoms with Gasteiger partial charge in [-0.2, -0.15) is 5.26 Å². The van der Waals surface area contributed by atoms with Gasteiger partial charge in [0.1, 0.15) is 11.9 Å². The lowest BCUT2D eigenvalue weighted by atomic mass is 10.2. The van der Waals surface area contributed by atoms with Crippen molar-refractivity contribution in [2.75, 3.05) is 38.1 Å². The standard InChI is InChI=1S/C15H22N4O/c1-12-10-19(11-13(2)20-12)8-7-18(3)15-14(9-16)5-4-6-17-15/h4-6,12-13H,7-8,10-11H2,1-3H3/t12-,13+. The number of nitrogens with zero attached hydrogens (tertiary/aromatic N) is 4. The Morgan fingerprint density at radius 1 is 1.45 bits per heavy atom. The smallest absolute Gasteiger partial charge is 0.146 e. The number of pyridine rings is 1. The van der Waals surface area contributed by atoms with Crippen molar-refractivity contribution in [2.45, 2.75) is 26.1 Å². The maximum Gasteiger partial charge on any atom is 0.146 e. The van der Waals surface area contributed by atoms with E-state index in [4.69, 9.17) is 10.00 Å². The van der Waals surface area contributed by atoms with E-state index >= 15 is 0 Å². The first-order valence-electron chi connectivity index (χ1n) is 7.04. The number of likely N-dealkylation sites (N-methyl/N-ethyl adjacent to an activating group) is 1. The highest BCUT2D eigenvalue weighted by Crippen LogP contribution is 2.15. The molecule has 1 aromatic rings. The fraction of sp³-hybridized carbons (Fsp3) is 0.600. The van der Waals surface area contributed by atoms with Crippen molar-refractivity contribution < 1.29 is 4.74 Å². The van der Waals surface area contributed by atoms with Gasteiger partial charge in [0.05, 0.1) is 17.8 Å². The Morgan fingerprint density at radius 3 is 2.80 bits per heavy atom. The summed E-state index contributed by atoms with van der Waals surface area (Å²) in [5, 5.41) is 9.11. The lowest BCUT2D eigenvalue weighted by molar-refractivity contribution is -0.0670. The van der Waals surface area contributed by atoms with Gasteiger partial charge >= 0.3 is 0 Å². The van der Waals surface area contributed by atoms with Gasteiger partial charge in [-0.3, -0.25) is 4.90 Å². The van der Waals surface area contributed by atoms with E-state index in [0.29, 0.717) is 5.56 Å². The quantitative estimate of drug-likeness (QED) is 0.833. The number of nitriles is 1. The van der Waals surface area contributed by atoms with Crippen LogP contribution in [0.1, 0.15) is 19.4 Å². The summed E-state index contributed by atoms with van der Waals surface area (Å²) in [4.78, 5) is 8.76. The summed E-state index contributed by atoms with van der Waals surface area (Å²) in [5.41, 5.74) is 0.624. The molecule has 0 radical (unpaired) electrons. The summed E-state index contributed by atoms with van der Waals surface area (Å²) in [5.74, 6) is 0.754. The Bertz CT molecular complexity index is 475. The number of rotatable bonds is 4. The van der Waals surface area contributed by atoms with Gasteiger partial charge in [0, 0.05) is 39.4 Å². The second-order valence-corrected chi connectivity index (χ2v) is 5.42. The minimum atomic E-state index is 0.286. The van der Waals surface area contributed by atoms with Gasteiger partial charge in [0.25, 0.3) is 0 Å². The Hall–Kier alpha value is -1.64.